The number of anilines is 2. The van der Waals surface area contributed by atoms with E-state index in [1.807, 2.05) is 53.4 Å². The molecule has 0 saturated carbocycles. The summed E-state index contributed by atoms with van der Waals surface area (Å²) in [6.07, 6.45) is 0. The van der Waals surface area contributed by atoms with Crippen molar-refractivity contribution >= 4 is 44.8 Å². The predicted octanol–water partition coefficient (Wildman–Crippen LogP) is 5.11. The summed E-state index contributed by atoms with van der Waals surface area (Å²) < 4.78 is 12.6. The zero-order valence-electron chi connectivity index (χ0n) is 15.0. The highest BCUT2D eigenvalue weighted by molar-refractivity contribution is 7.14. The molecule has 0 spiro atoms. The Morgan fingerprint density at radius 2 is 1.85 bits per heavy atom. The topological polar surface area (TPSA) is 61.2 Å². The summed E-state index contributed by atoms with van der Waals surface area (Å²) in [4.78, 5) is 9.34. The van der Waals surface area contributed by atoms with Crippen LogP contribution in [-0.2, 0) is 7.05 Å². The van der Waals surface area contributed by atoms with Crippen molar-refractivity contribution in [2.45, 2.75) is 0 Å². The Kier molecular flexibility index (Phi) is 4.63. The molecule has 0 amide bonds. The lowest BCUT2D eigenvalue weighted by Gasteiger charge is -2.09. The van der Waals surface area contributed by atoms with Gasteiger partial charge in [-0.25, -0.2) is 9.97 Å². The van der Waals surface area contributed by atoms with Crippen molar-refractivity contribution in [2.75, 3.05) is 19.5 Å². The number of halogens is 1. The van der Waals surface area contributed by atoms with E-state index < -0.39 is 0 Å². The van der Waals surface area contributed by atoms with Crippen molar-refractivity contribution in [3.8, 4) is 23.0 Å². The molecule has 0 radical (unpaired) electrons. The van der Waals surface area contributed by atoms with Crippen molar-refractivity contribution in [1.29, 1.82) is 0 Å². The fourth-order valence-electron chi connectivity index (χ4n) is 2.87. The van der Waals surface area contributed by atoms with Crippen LogP contribution in [0, 0.1) is 0 Å². The molecule has 0 fully saturated rings. The highest BCUT2D eigenvalue weighted by atomic mass is 35.5. The van der Waals surface area contributed by atoms with Gasteiger partial charge in [0, 0.05) is 29.2 Å². The van der Waals surface area contributed by atoms with Gasteiger partial charge in [-0.1, -0.05) is 11.6 Å². The molecule has 27 heavy (non-hydrogen) atoms. The number of ether oxygens (including phenoxy) is 2. The standard InChI is InChI=1S/C19H17ClN4O2S/c1-24-15-6-4-11(20)8-13(15)22-18(24)14-10-27-19(23-14)21-12-5-7-16(25-2)17(9-12)26-3/h4-10H,1-3H3,(H,21,23). The summed E-state index contributed by atoms with van der Waals surface area (Å²) in [7, 11) is 5.20. The summed E-state index contributed by atoms with van der Waals surface area (Å²) in [6.45, 7) is 0. The Labute approximate surface area is 165 Å². The lowest BCUT2D eigenvalue weighted by molar-refractivity contribution is 0.355. The Morgan fingerprint density at radius 3 is 2.63 bits per heavy atom. The van der Waals surface area contributed by atoms with Gasteiger partial charge in [0.2, 0.25) is 0 Å². The number of imidazole rings is 1. The first-order chi connectivity index (χ1) is 13.1. The average Bonchev–Trinajstić information content (AvgIpc) is 3.25. The minimum atomic E-state index is 0.659. The van der Waals surface area contributed by atoms with Crippen molar-refractivity contribution in [3.63, 3.8) is 0 Å². The van der Waals surface area contributed by atoms with Gasteiger partial charge < -0.3 is 19.4 Å². The van der Waals surface area contributed by atoms with Gasteiger partial charge in [-0.2, -0.15) is 0 Å². The Morgan fingerprint density at radius 1 is 1.04 bits per heavy atom. The van der Waals surface area contributed by atoms with Gasteiger partial charge in [0.05, 0.1) is 25.3 Å². The molecule has 0 atom stereocenters. The lowest BCUT2D eigenvalue weighted by Crippen LogP contribution is -1.95. The van der Waals surface area contributed by atoms with Gasteiger partial charge in [0.25, 0.3) is 0 Å². The second kappa shape index (κ2) is 7.09. The normalized spacial score (nSPS) is 11.0. The molecule has 1 N–H and O–H groups in total. The van der Waals surface area contributed by atoms with E-state index in [0.717, 1.165) is 33.4 Å². The molecule has 0 aliphatic heterocycles. The molecule has 0 unspecified atom stereocenters. The van der Waals surface area contributed by atoms with Gasteiger partial charge >= 0.3 is 0 Å². The molecule has 138 valence electrons. The SMILES string of the molecule is COc1ccc(Nc2nc(-c3nc4cc(Cl)ccc4n3C)cs2)cc1OC. The van der Waals surface area contributed by atoms with Crippen LogP contribution in [0.15, 0.2) is 41.8 Å². The molecule has 2 aromatic carbocycles. The van der Waals surface area contributed by atoms with Gasteiger partial charge in [-0.05, 0) is 30.3 Å². The average molecular weight is 401 g/mol. The minimum Gasteiger partial charge on any atom is -0.493 e. The molecule has 6 nitrogen and oxygen atoms in total. The Balaban J connectivity index is 1.63. The van der Waals surface area contributed by atoms with Crippen LogP contribution in [0.1, 0.15) is 0 Å². The van der Waals surface area contributed by atoms with Crippen molar-refractivity contribution in [2.24, 2.45) is 7.05 Å². The second-order valence-electron chi connectivity index (χ2n) is 5.86. The molecule has 2 aromatic heterocycles. The predicted molar refractivity (Wildman–Crippen MR) is 110 cm³/mol. The van der Waals surface area contributed by atoms with Gasteiger partial charge in [0.1, 0.15) is 5.69 Å². The maximum absolute atomic E-state index is 6.07. The van der Waals surface area contributed by atoms with E-state index in [9.17, 15) is 0 Å². The van der Waals surface area contributed by atoms with Gasteiger partial charge in [-0.3, -0.25) is 0 Å². The van der Waals surface area contributed by atoms with Crippen LogP contribution in [0.3, 0.4) is 0 Å². The maximum Gasteiger partial charge on any atom is 0.187 e. The van der Waals surface area contributed by atoms with Crippen molar-refractivity contribution in [1.82, 2.24) is 14.5 Å². The third-order valence-corrected chi connectivity index (χ3v) is 5.20. The number of aryl methyl sites for hydroxylation is 1. The van der Waals surface area contributed by atoms with Gasteiger partial charge in [-0.15, -0.1) is 11.3 Å². The number of hydrogen-bond donors (Lipinski definition) is 1. The van der Waals surface area contributed by atoms with Crippen LogP contribution < -0.4 is 14.8 Å². The van der Waals surface area contributed by atoms with Gasteiger partial charge in [0.15, 0.2) is 22.5 Å². The highest BCUT2D eigenvalue weighted by Crippen LogP contribution is 2.33. The number of rotatable bonds is 5. The third kappa shape index (κ3) is 3.31. The maximum atomic E-state index is 6.07. The highest BCUT2D eigenvalue weighted by Gasteiger charge is 2.14. The number of fused-ring (bicyclic) bond motifs is 1. The lowest BCUT2D eigenvalue weighted by atomic mass is 10.3. The summed E-state index contributed by atoms with van der Waals surface area (Å²) in [5, 5.41) is 6.71. The summed E-state index contributed by atoms with van der Waals surface area (Å²) >= 11 is 7.59. The van der Waals surface area contributed by atoms with Crippen LogP contribution in [0.4, 0.5) is 10.8 Å². The molecule has 0 aliphatic carbocycles. The Hall–Kier alpha value is -2.77. The summed E-state index contributed by atoms with van der Waals surface area (Å²) in [6, 6.07) is 11.3. The fourth-order valence-corrected chi connectivity index (χ4v) is 3.75. The number of methoxy groups -OCH3 is 2. The quantitative estimate of drug-likeness (QED) is 0.504. The van der Waals surface area contributed by atoms with E-state index in [-0.39, 0.29) is 0 Å². The number of hydrogen-bond acceptors (Lipinski definition) is 6. The van der Waals surface area contributed by atoms with E-state index in [1.54, 1.807) is 14.2 Å². The molecular formula is C19H17ClN4O2S. The summed E-state index contributed by atoms with van der Waals surface area (Å²) in [5.41, 5.74) is 3.53. The first-order valence-corrected chi connectivity index (χ1v) is 9.41. The summed E-state index contributed by atoms with van der Waals surface area (Å²) in [5.74, 6) is 2.14. The largest absolute Gasteiger partial charge is 0.493 e. The number of aromatic nitrogens is 3. The van der Waals surface area contributed by atoms with Crippen LogP contribution in [0.25, 0.3) is 22.6 Å². The third-order valence-electron chi connectivity index (χ3n) is 4.21. The van der Waals surface area contributed by atoms with Crippen molar-refractivity contribution < 1.29 is 9.47 Å². The molecule has 4 aromatic rings. The van der Waals surface area contributed by atoms with Crippen LogP contribution in [-0.4, -0.2) is 28.8 Å². The first kappa shape index (κ1) is 17.6. The molecule has 0 saturated heterocycles. The smallest absolute Gasteiger partial charge is 0.187 e. The van der Waals surface area contributed by atoms with E-state index in [1.165, 1.54) is 11.3 Å². The van der Waals surface area contributed by atoms with E-state index in [4.69, 9.17) is 21.1 Å². The molecule has 8 heteroatoms. The first-order valence-electron chi connectivity index (χ1n) is 8.16. The number of thiazole rings is 1. The molecule has 0 bridgehead atoms. The minimum absolute atomic E-state index is 0.659. The molecule has 4 rings (SSSR count). The second-order valence-corrected chi connectivity index (χ2v) is 7.15. The van der Waals surface area contributed by atoms with Crippen molar-refractivity contribution in [3.05, 3.63) is 46.8 Å². The number of benzene rings is 2. The van der Waals surface area contributed by atoms with Crippen LogP contribution in [0.2, 0.25) is 5.02 Å². The number of nitrogens with zero attached hydrogens (tertiary/aromatic N) is 3. The molecule has 0 aliphatic rings. The monoisotopic (exact) mass is 400 g/mol. The van der Waals surface area contributed by atoms with Crippen LogP contribution in [0.5, 0.6) is 11.5 Å². The van der Waals surface area contributed by atoms with E-state index >= 15 is 0 Å². The zero-order chi connectivity index (χ0) is 19.0. The fraction of sp³-hybridized carbons (Fsp3) is 0.158. The van der Waals surface area contributed by atoms with E-state index in [0.29, 0.717) is 16.5 Å². The molecule has 2 heterocycles. The zero-order valence-corrected chi connectivity index (χ0v) is 16.6. The Bertz CT molecular complexity index is 1120. The van der Waals surface area contributed by atoms with Crippen LogP contribution >= 0.6 is 22.9 Å². The number of nitrogens with one attached hydrogen (secondary N) is 1. The van der Waals surface area contributed by atoms with E-state index in [2.05, 4.69) is 15.3 Å². The molecular weight excluding hydrogens is 384 g/mol.